The van der Waals surface area contributed by atoms with E-state index in [4.69, 9.17) is 5.73 Å². The molecule has 4 N–H and O–H groups in total. The number of rotatable bonds is 4. The Hall–Kier alpha value is -2.08. The number of nitrogens with one attached hydrogen (secondary N) is 2. The van der Waals surface area contributed by atoms with E-state index in [2.05, 4.69) is 26.6 Å². The van der Waals surface area contributed by atoms with Crippen molar-refractivity contribution < 1.29 is 9.18 Å². The van der Waals surface area contributed by atoms with Crippen LogP contribution in [0.5, 0.6) is 0 Å². The Labute approximate surface area is 130 Å². The molecule has 0 heterocycles. The predicted octanol–water partition coefficient (Wildman–Crippen LogP) is 3.66. The zero-order chi connectivity index (χ0) is 15.4. The highest BCUT2D eigenvalue weighted by Gasteiger charge is 2.08. The van der Waals surface area contributed by atoms with Crippen LogP contribution < -0.4 is 16.4 Å². The summed E-state index contributed by atoms with van der Waals surface area (Å²) < 4.78 is 13.6. The monoisotopic (exact) mass is 351 g/mol. The molecular formula is C15H15BrFN3O. The zero-order valence-corrected chi connectivity index (χ0v) is 13.0. The normalized spacial score (nSPS) is 10.2. The summed E-state index contributed by atoms with van der Waals surface area (Å²) in [7, 11) is 0. The summed E-state index contributed by atoms with van der Waals surface area (Å²) in [5.74, 6) is -0.509. The Morgan fingerprint density at radius 1 is 1.29 bits per heavy atom. The molecule has 0 fully saturated rings. The van der Waals surface area contributed by atoms with Gasteiger partial charge < -0.3 is 16.4 Å². The van der Waals surface area contributed by atoms with E-state index >= 15 is 0 Å². The lowest BCUT2D eigenvalue weighted by atomic mass is 10.1. The number of hydrogen-bond donors (Lipinski definition) is 3. The first-order chi connectivity index (χ1) is 10.0. The van der Waals surface area contributed by atoms with Crippen molar-refractivity contribution in [2.45, 2.75) is 6.92 Å². The topological polar surface area (TPSA) is 67.2 Å². The Bertz CT molecular complexity index is 676. The molecule has 0 atom stereocenters. The van der Waals surface area contributed by atoms with Crippen molar-refractivity contribution in [2.24, 2.45) is 0 Å². The number of amides is 1. The number of carbonyl (C=O) groups is 1. The molecule has 2 aromatic rings. The number of benzene rings is 2. The second-order valence-electron chi connectivity index (χ2n) is 4.42. The third kappa shape index (κ3) is 3.72. The molecular weight excluding hydrogens is 337 g/mol. The van der Waals surface area contributed by atoms with E-state index in [1.165, 1.54) is 6.07 Å². The fourth-order valence-corrected chi connectivity index (χ4v) is 2.18. The van der Waals surface area contributed by atoms with Gasteiger partial charge in [0.1, 0.15) is 5.82 Å². The molecule has 0 aliphatic heterocycles. The molecule has 1 amide bonds. The van der Waals surface area contributed by atoms with Gasteiger partial charge in [0.15, 0.2) is 0 Å². The maximum absolute atomic E-state index is 13.2. The molecule has 6 heteroatoms. The summed E-state index contributed by atoms with van der Waals surface area (Å²) >= 11 is 3.13. The van der Waals surface area contributed by atoms with Crippen LogP contribution in [-0.2, 0) is 0 Å². The molecule has 0 saturated heterocycles. The zero-order valence-electron chi connectivity index (χ0n) is 11.4. The Morgan fingerprint density at radius 2 is 2.05 bits per heavy atom. The van der Waals surface area contributed by atoms with Gasteiger partial charge in [0.25, 0.3) is 5.91 Å². The number of anilines is 3. The first kappa shape index (κ1) is 15.3. The molecule has 0 aromatic heterocycles. The van der Waals surface area contributed by atoms with Gasteiger partial charge in [-0.05, 0) is 59.3 Å². The molecule has 2 aromatic carbocycles. The van der Waals surface area contributed by atoms with Crippen LogP contribution in [-0.4, -0.2) is 12.5 Å². The van der Waals surface area contributed by atoms with Crippen molar-refractivity contribution in [2.75, 3.05) is 17.6 Å². The Balaban J connectivity index is 2.28. The number of nitrogen functional groups attached to an aromatic ring is 1. The summed E-state index contributed by atoms with van der Waals surface area (Å²) in [6.45, 7) is 2.40. The van der Waals surface area contributed by atoms with Crippen LogP contribution in [0.4, 0.5) is 21.5 Å². The molecule has 0 saturated carbocycles. The van der Waals surface area contributed by atoms with Gasteiger partial charge in [0.2, 0.25) is 0 Å². The van der Waals surface area contributed by atoms with Crippen LogP contribution in [0.25, 0.3) is 0 Å². The van der Waals surface area contributed by atoms with Gasteiger partial charge in [0.05, 0.1) is 15.8 Å². The molecule has 110 valence electrons. The number of halogens is 2. The van der Waals surface area contributed by atoms with Gasteiger partial charge in [-0.15, -0.1) is 0 Å². The van der Waals surface area contributed by atoms with Gasteiger partial charge in [-0.2, -0.15) is 0 Å². The highest BCUT2D eigenvalue weighted by molar-refractivity contribution is 9.10. The van der Waals surface area contributed by atoms with Gasteiger partial charge in [-0.1, -0.05) is 0 Å². The van der Waals surface area contributed by atoms with Crippen molar-refractivity contribution in [3.8, 4) is 0 Å². The summed E-state index contributed by atoms with van der Waals surface area (Å²) in [4.78, 5) is 11.8. The lowest BCUT2D eigenvalue weighted by Gasteiger charge is -2.12. The number of hydrogen-bond acceptors (Lipinski definition) is 3. The first-order valence-corrected chi connectivity index (χ1v) is 7.20. The van der Waals surface area contributed by atoms with Crippen LogP contribution in [0.3, 0.4) is 0 Å². The van der Waals surface area contributed by atoms with E-state index in [9.17, 15) is 9.18 Å². The second-order valence-corrected chi connectivity index (χ2v) is 5.27. The van der Waals surface area contributed by atoms with Gasteiger partial charge in [-0.3, -0.25) is 4.79 Å². The fourth-order valence-electron chi connectivity index (χ4n) is 1.80. The molecule has 0 bridgehead atoms. The molecule has 0 unspecified atom stereocenters. The molecule has 2 rings (SSSR count). The maximum Gasteiger partial charge on any atom is 0.251 e. The third-order valence-corrected chi connectivity index (χ3v) is 3.46. The molecule has 0 aliphatic rings. The van der Waals surface area contributed by atoms with E-state index in [0.29, 0.717) is 33.6 Å². The average Bonchev–Trinajstić information content (AvgIpc) is 2.45. The van der Waals surface area contributed by atoms with Crippen molar-refractivity contribution in [1.82, 2.24) is 5.32 Å². The van der Waals surface area contributed by atoms with E-state index in [0.717, 1.165) is 0 Å². The number of carbonyl (C=O) groups excluding carboxylic acids is 1. The fraction of sp³-hybridized carbons (Fsp3) is 0.133. The van der Waals surface area contributed by atoms with Crippen LogP contribution in [0.1, 0.15) is 17.3 Å². The van der Waals surface area contributed by atoms with Gasteiger partial charge in [-0.25, -0.2) is 4.39 Å². The number of nitrogens with two attached hydrogens (primary N) is 1. The second kappa shape index (κ2) is 6.58. The van der Waals surface area contributed by atoms with E-state index in [1.54, 1.807) is 30.3 Å². The predicted molar refractivity (Wildman–Crippen MR) is 86.2 cm³/mol. The van der Waals surface area contributed by atoms with Crippen LogP contribution in [0.2, 0.25) is 0 Å². The molecule has 0 aliphatic carbocycles. The maximum atomic E-state index is 13.2. The summed E-state index contributed by atoms with van der Waals surface area (Å²) in [5.41, 5.74) is 8.18. The van der Waals surface area contributed by atoms with Crippen molar-refractivity contribution >= 4 is 38.9 Å². The quantitative estimate of drug-likeness (QED) is 0.736. The average molecular weight is 352 g/mol. The highest BCUT2D eigenvalue weighted by Crippen LogP contribution is 2.27. The van der Waals surface area contributed by atoms with Crippen molar-refractivity contribution in [3.63, 3.8) is 0 Å². The highest BCUT2D eigenvalue weighted by atomic mass is 79.9. The molecule has 21 heavy (non-hydrogen) atoms. The van der Waals surface area contributed by atoms with E-state index in [-0.39, 0.29) is 11.7 Å². The largest absolute Gasteiger partial charge is 0.397 e. The van der Waals surface area contributed by atoms with Crippen LogP contribution >= 0.6 is 15.9 Å². The van der Waals surface area contributed by atoms with Crippen molar-refractivity contribution in [3.05, 3.63) is 52.3 Å². The molecule has 4 nitrogen and oxygen atoms in total. The third-order valence-electron chi connectivity index (χ3n) is 2.85. The first-order valence-electron chi connectivity index (χ1n) is 6.41. The summed E-state index contributed by atoms with van der Waals surface area (Å²) in [5, 5.41) is 5.80. The minimum Gasteiger partial charge on any atom is -0.397 e. The lowest BCUT2D eigenvalue weighted by Crippen LogP contribution is -2.22. The summed E-state index contributed by atoms with van der Waals surface area (Å²) in [6.07, 6.45) is 0. The standard InChI is InChI=1S/C15H15BrFN3O/c1-2-19-15(21)9-3-6-13(18)14(7-9)20-10-4-5-12(17)11(16)8-10/h3-8,20H,2,18H2,1H3,(H,19,21). The SMILES string of the molecule is CCNC(=O)c1ccc(N)c(Nc2ccc(F)c(Br)c2)c1. The minimum atomic E-state index is -0.343. The lowest BCUT2D eigenvalue weighted by molar-refractivity contribution is 0.0956. The Morgan fingerprint density at radius 3 is 2.71 bits per heavy atom. The Kier molecular flexibility index (Phi) is 4.80. The molecule has 0 spiro atoms. The van der Waals surface area contributed by atoms with Crippen molar-refractivity contribution in [1.29, 1.82) is 0 Å². The smallest absolute Gasteiger partial charge is 0.251 e. The molecule has 0 radical (unpaired) electrons. The minimum absolute atomic E-state index is 0.166. The summed E-state index contributed by atoms with van der Waals surface area (Å²) in [6, 6.07) is 9.53. The van der Waals surface area contributed by atoms with E-state index in [1.807, 2.05) is 6.92 Å². The van der Waals surface area contributed by atoms with E-state index < -0.39 is 0 Å². The van der Waals surface area contributed by atoms with Gasteiger partial charge in [0, 0.05) is 17.8 Å². The van der Waals surface area contributed by atoms with Gasteiger partial charge >= 0.3 is 0 Å². The van der Waals surface area contributed by atoms with Crippen LogP contribution in [0.15, 0.2) is 40.9 Å². The van der Waals surface area contributed by atoms with Crippen LogP contribution in [0, 0.1) is 5.82 Å².